The molecule has 13 heavy (non-hydrogen) atoms. The van der Waals surface area contributed by atoms with Crippen LogP contribution in [0.1, 0.15) is 5.82 Å². The molecule has 0 radical (unpaired) electrons. The summed E-state index contributed by atoms with van der Waals surface area (Å²) in [6, 6.07) is 0. The van der Waals surface area contributed by atoms with Gasteiger partial charge >= 0.3 is 0 Å². The number of nitrogens with zero attached hydrogens (tertiary/aromatic N) is 3. The zero-order valence-electron chi connectivity index (χ0n) is 6.00. The van der Waals surface area contributed by atoms with Crippen LogP contribution in [0.5, 0.6) is 0 Å². The van der Waals surface area contributed by atoms with E-state index >= 15 is 0 Å². The predicted octanol–water partition coefficient (Wildman–Crippen LogP) is 2.21. The van der Waals surface area contributed by atoms with Crippen LogP contribution in [-0.2, 0) is 6.54 Å². The lowest BCUT2D eigenvalue weighted by molar-refractivity contribution is -0.498. The summed E-state index contributed by atoms with van der Waals surface area (Å²) in [5.74, 6) is -0.0654. The van der Waals surface area contributed by atoms with Gasteiger partial charge in [-0.05, 0) is 0 Å². The molecule has 0 fully saturated rings. The molecule has 70 valence electrons. The van der Waals surface area contributed by atoms with Crippen LogP contribution >= 0.6 is 34.8 Å². The lowest BCUT2D eigenvalue weighted by atomic mass is 10.5. The minimum absolute atomic E-state index is 0.00423. The highest BCUT2D eigenvalue weighted by Gasteiger charge is 2.12. The van der Waals surface area contributed by atoms with Gasteiger partial charge in [-0.15, -0.1) is 0 Å². The van der Waals surface area contributed by atoms with E-state index in [4.69, 9.17) is 34.8 Å². The van der Waals surface area contributed by atoms with E-state index in [9.17, 15) is 10.1 Å². The normalized spacial score (nSPS) is 10.1. The van der Waals surface area contributed by atoms with Crippen molar-refractivity contribution >= 4 is 34.8 Å². The third-order valence-corrected chi connectivity index (χ3v) is 2.19. The number of aromatic nitrogens is 2. The summed E-state index contributed by atoms with van der Waals surface area (Å²) in [5.41, 5.74) is 0. The molecule has 0 N–H and O–H groups in total. The fourth-order valence-electron chi connectivity index (χ4n) is 0.621. The molecule has 0 aliphatic heterocycles. The quantitative estimate of drug-likeness (QED) is 0.453. The highest BCUT2D eigenvalue weighted by Crippen LogP contribution is 2.26. The van der Waals surface area contributed by atoms with Crippen molar-refractivity contribution in [2.45, 2.75) is 6.54 Å². The zero-order valence-corrected chi connectivity index (χ0v) is 8.27. The van der Waals surface area contributed by atoms with E-state index in [0.717, 1.165) is 0 Å². The maximum Gasteiger partial charge on any atom is 0.262 e. The van der Waals surface area contributed by atoms with Gasteiger partial charge in [0.05, 0.1) is 0 Å². The van der Waals surface area contributed by atoms with Crippen LogP contribution in [0.3, 0.4) is 0 Å². The molecule has 0 spiro atoms. The second-order valence-corrected chi connectivity index (χ2v) is 3.12. The molecule has 0 bridgehead atoms. The summed E-state index contributed by atoms with van der Waals surface area (Å²) in [6.45, 7) is -0.531. The van der Waals surface area contributed by atoms with Gasteiger partial charge in [-0.1, -0.05) is 34.8 Å². The van der Waals surface area contributed by atoms with E-state index in [-0.39, 0.29) is 21.2 Å². The summed E-state index contributed by atoms with van der Waals surface area (Å²) in [5, 5.41) is 9.91. The van der Waals surface area contributed by atoms with E-state index in [1.807, 2.05) is 0 Å². The molecule has 1 aromatic heterocycles. The smallest absolute Gasteiger partial charge is 0.262 e. The molecule has 0 aliphatic rings. The molecule has 0 saturated heterocycles. The summed E-state index contributed by atoms with van der Waals surface area (Å²) < 4.78 is 0. The Morgan fingerprint density at radius 1 is 1.23 bits per heavy atom. The third kappa shape index (κ3) is 2.65. The Labute approximate surface area is 87.8 Å². The molecule has 0 aromatic carbocycles. The number of halogens is 3. The Morgan fingerprint density at radius 3 is 2.08 bits per heavy atom. The molecule has 8 heteroatoms. The highest BCUT2D eigenvalue weighted by atomic mass is 35.5. The SMILES string of the molecule is O=[N+]([O-])Cc1nc(Cl)c(Cl)c(Cl)n1. The first-order valence-electron chi connectivity index (χ1n) is 3.00. The van der Waals surface area contributed by atoms with Crippen molar-refractivity contribution in [3.8, 4) is 0 Å². The van der Waals surface area contributed by atoms with Gasteiger partial charge in [0.2, 0.25) is 5.82 Å². The molecular weight excluding hydrogens is 240 g/mol. The molecule has 0 aliphatic carbocycles. The largest absolute Gasteiger partial charge is 0.264 e. The maximum absolute atomic E-state index is 10.1. The van der Waals surface area contributed by atoms with Gasteiger partial charge in [0.25, 0.3) is 6.54 Å². The average molecular weight is 242 g/mol. The van der Waals surface area contributed by atoms with Crippen LogP contribution in [0.2, 0.25) is 15.3 Å². The van der Waals surface area contributed by atoms with E-state index in [2.05, 4.69) is 9.97 Å². The molecule has 0 atom stereocenters. The van der Waals surface area contributed by atoms with Crippen LogP contribution in [0.25, 0.3) is 0 Å². The number of rotatable bonds is 2. The first kappa shape index (κ1) is 10.4. The molecule has 0 amide bonds. The Hall–Kier alpha value is -0.650. The molecular formula is C5H2Cl3N3O2. The van der Waals surface area contributed by atoms with Gasteiger partial charge in [0, 0.05) is 4.92 Å². The Morgan fingerprint density at radius 2 is 1.69 bits per heavy atom. The van der Waals surface area contributed by atoms with E-state index < -0.39 is 11.5 Å². The Bertz CT molecular complexity index is 334. The van der Waals surface area contributed by atoms with Crippen LogP contribution in [0.4, 0.5) is 0 Å². The monoisotopic (exact) mass is 241 g/mol. The molecule has 1 rings (SSSR count). The molecule has 1 aromatic rings. The van der Waals surface area contributed by atoms with Gasteiger partial charge < -0.3 is 0 Å². The second-order valence-electron chi connectivity index (χ2n) is 2.03. The van der Waals surface area contributed by atoms with Crippen molar-refractivity contribution in [3.63, 3.8) is 0 Å². The van der Waals surface area contributed by atoms with E-state index in [1.54, 1.807) is 0 Å². The molecule has 0 saturated carbocycles. The average Bonchev–Trinajstić information content (AvgIpc) is 1.98. The van der Waals surface area contributed by atoms with Crippen LogP contribution < -0.4 is 0 Å². The Kier molecular flexibility index (Phi) is 3.24. The zero-order chi connectivity index (χ0) is 10.0. The van der Waals surface area contributed by atoms with Crippen LogP contribution in [-0.4, -0.2) is 14.9 Å². The highest BCUT2D eigenvalue weighted by molar-refractivity contribution is 6.46. The van der Waals surface area contributed by atoms with Gasteiger partial charge in [0.1, 0.15) is 5.02 Å². The Balaban J connectivity index is 3.06. The summed E-state index contributed by atoms with van der Waals surface area (Å²) in [6.07, 6.45) is 0. The minimum Gasteiger partial charge on any atom is -0.264 e. The standard InChI is InChI=1S/C5H2Cl3N3O2/c6-3-4(7)9-2(1-11(12)13)10-5(3)8/h1H2. The lowest BCUT2D eigenvalue weighted by Gasteiger charge is -1.98. The molecule has 0 unspecified atom stereocenters. The van der Waals surface area contributed by atoms with Crippen molar-refractivity contribution in [1.82, 2.24) is 9.97 Å². The first-order chi connectivity index (χ1) is 6.00. The van der Waals surface area contributed by atoms with Crippen molar-refractivity contribution in [2.75, 3.05) is 0 Å². The van der Waals surface area contributed by atoms with E-state index in [0.29, 0.717) is 0 Å². The summed E-state index contributed by atoms with van der Waals surface area (Å²) in [4.78, 5) is 16.6. The van der Waals surface area contributed by atoms with E-state index in [1.165, 1.54) is 0 Å². The van der Waals surface area contributed by atoms with Gasteiger partial charge in [-0.2, -0.15) is 0 Å². The second kappa shape index (κ2) is 4.04. The topological polar surface area (TPSA) is 68.9 Å². The molecule has 5 nitrogen and oxygen atoms in total. The van der Waals surface area contributed by atoms with Crippen LogP contribution in [0.15, 0.2) is 0 Å². The van der Waals surface area contributed by atoms with Gasteiger partial charge in [-0.25, -0.2) is 9.97 Å². The summed E-state index contributed by atoms with van der Waals surface area (Å²) in [7, 11) is 0. The number of hydrogen-bond acceptors (Lipinski definition) is 4. The predicted molar refractivity (Wildman–Crippen MR) is 47.8 cm³/mol. The first-order valence-corrected chi connectivity index (χ1v) is 4.13. The van der Waals surface area contributed by atoms with Crippen LogP contribution in [0, 0.1) is 10.1 Å². The fraction of sp³-hybridized carbons (Fsp3) is 0.200. The number of nitro groups is 1. The minimum atomic E-state index is -0.587. The van der Waals surface area contributed by atoms with Crippen molar-refractivity contribution in [3.05, 3.63) is 31.3 Å². The molecule has 1 heterocycles. The third-order valence-electron chi connectivity index (χ3n) is 1.09. The van der Waals surface area contributed by atoms with Gasteiger partial charge in [-0.3, -0.25) is 10.1 Å². The lowest BCUT2D eigenvalue weighted by Crippen LogP contribution is -2.04. The van der Waals surface area contributed by atoms with Crippen molar-refractivity contribution in [2.24, 2.45) is 0 Å². The maximum atomic E-state index is 10.1. The van der Waals surface area contributed by atoms with Crippen molar-refractivity contribution in [1.29, 1.82) is 0 Å². The van der Waals surface area contributed by atoms with Crippen molar-refractivity contribution < 1.29 is 4.92 Å². The summed E-state index contributed by atoms with van der Waals surface area (Å²) >= 11 is 16.6. The van der Waals surface area contributed by atoms with Gasteiger partial charge in [0.15, 0.2) is 10.3 Å². The fourth-order valence-corrected chi connectivity index (χ4v) is 1.13. The number of hydrogen-bond donors (Lipinski definition) is 0.